The first-order valence-corrected chi connectivity index (χ1v) is 8.09. The summed E-state index contributed by atoms with van der Waals surface area (Å²) < 4.78 is 29.1. The Kier molecular flexibility index (Phi) is 4.06. The van der Waals surface area contributed by atoms with Gasteiger partial charge in [0.05, 0.1) is 0 Å². The number of thiophene rings is 1. The van der Waals surface area contributed by atoms with Gasteiger partial charge in [-0.2, -0.15) is 0 Å². The molecule has 0 amide bonds. The van der Waals surface area contributed by atoms with E-state index in [-0.39, 0.29) is 12.5 Å². The molecule has 0 radical (unpaired) electrons. The van der Waals surface area contributed by atoms with Crippen LogP contribution in [0.1, 0.15) is 17.2 Å². The molecule has 0 fully saturated rings. The normalized spacial score (nSPS) is 12.8. The lowest BCUT2D eigenvalue weighted by Gasteiger charge is -2.12. The molecular weight excluding hydrogens is 356 g/mol. The van der Waals surface area contributed by atoms with Crippen molar-refractivity contribution >= 4 is 37.4 Å². The summed E-state index contributed by atoms with van der Waals surface area (Å²) in [6.45, 7) is 0. The molecule has 1 unspecified atom stereocenters. The average molecular weight is 368 g/mol. The van der Waals surface area contributed by atoms with E-state index in [1.807, 2.05) is 23.6 Å². The van der Waals surface area contributed by atoms with Crippen LogP contribution < -0.4 is 5.73 Å². The molecule has 1 heterocycles. The zero-order chi connectivity index (χ0) is 15.0. The van der Waals surface area contributed by atoms with Gasteiger partial charge in [-0.15, -0.1) is 11.3 Å². The van der Waals surface area contributed by atoms with Gasteiger partial charge in [-0.25, -0.2) is 8.78 Å². The second-order valence-corrected chi connectivity index (χ2v) is 6.57. The molecule has 0 aliphatic rings. The molecule has 0 saturated heterocycles. The molecule has 2 aromatic carbocycles. The van der Waals surface area contributed by atoms with Crippen LogP contribution in [0.2, 0.25) is 0 Å². The molecule has 0 spiro atoms. The molecule has 1 nitrogen and oxygen atoms in total. The van der Waals surface area contributed by atoms with Crippen molar-refractivity contribution in [3.05, 3.63) is 69.0 Å². The molecule has 3 aromatic rings. The lowest BCUT2D eigenvalue weighted by atomic mass is 9.99. The smallest absolute Gasteiger partial charge is 0.162 e. The van der Waals surface area contributed by atoms with Gasteiger partial charge >= 0.3 is 0 Å². The Morgan fingerprint density at radius 3 is 2.71 bits per heavy atom. The Hall–Kier alpha value is -1.30. The summed E-state index contributed by atoms with van der Waals surface area (Å²) in [6.07, 6.45) is 0.266. The maximum Gasteiger partial charge on any atom is 0.162 e. The number of fused-ring (bicyclic) bond motifs is 1. The highest BCUT2D eigenvalue weighted by atomic mass is 79.9. The van der Waals surface area contributed by atoms with Crippen LogP contribution in [0.3, 0.4) is 0 Å². The number of hydrogen-bond acceptors (Lipinski definition) is 2. The first kappa shape index (κ1) is 14.6. The second kappa shape index (κ2) is 5.83. The van der Waals surface area contributed by atoms with Gasteiger partial charge in [0.2, 0.25) is 0 Å². The zero-order valence-corrected chi connectivity index (χ0v) is 13.3. The maximum atomic E-state index is 13.7. The third-order valence-electron chi connectivity index (χ3n) is 3.45. The number of halogens is 3. The molecule has 0 bridgehead atoms. The first-order valence-electron chi connectivity index (χ1n) is 6.42. The zero-order valence-electron chi connectivity index (χ0n) is 10.9. The second-order valence-electron chi connectivity index (χ2n) is 4.83. The minimum atomic E-state index is -0.836. The van der Waals surface area contributed by atoms with Gasteiger partial charge in [0.1, 0.15) is 0 Å². The van der Waals surface area contributed by atoms with Crippen LogP contribution >= 0.6 is 27.3 Å². The lowest BCUT2D eigenvalue weighted by Crippen LogP contribution is -2.14. The Labute approximate surface area is 133 Å². The van der Waals surface area contributed by atoms with Gasteiger partial charge in [0.25, 0.3) is 0 Å². The summed E-state index contributed by atoms with van der Waals surface area (Å²) in [6, 6.07) is 9.73. The first-order chi connectivity index (χ1) is 10.1. The van der Waals surface area contributed by atoms with Crippen LogP contribution in [0.25, 0.3) is 10.1 Å². The summed E-state index contributed by atoms with van der Waals surface area (Å²) in [5.41, 5.74) is 7.47. The van der Waals surface area contributed by atoms with Crippen LogP contribution in [0, 0.1) is 11.6 Å². The monoisotopic (exact) mass is 367 g/mol. The molecule has 3 rings (SSSR count). The highest BCUT2D eigenvalue weighted by molar-refractivity contribution is 9.10. The van der Waals surface area contributed by atoms with Crippen LogP contribution in [-0.2, 0) is 6.42 Å². The van der Waals surface area contributed by atoms with E-state index < -0.39 is 11.6 Å². The Balaban J connectivity index is 1.96. The van der Waals surface area contributed by atoms with E-state index in [2.05, 4.69) is 15.9 Å². The van der Waals surface area contributed by atoms with Crippen molar-refractivity contribution in [2.75, 3.05) is 0 Å². The predicted octanol–water partition coefficient (Wildman–Crippen LogP) is 5.18. The van der Waals surface area contributed by atoms with Crippen molar-refractivity contribution in [2.24, 2.45) is 5.73 Å². The Morgan fingerprint density at radius 2 is 1.90 bits per heavy atom. The molecule has 5 heteroatoms. The van der Waals surface area contributed by atoms with Gasteiger partial charge in [-0.3, -0.25) is 0 Å². The van der Waals surface area contributed by atoms with Gasteiger partial charge in [-0.05, 0) is 56.4 Å². The summed E-state index contributed by atoms with van der Waals surface area (Å²) in [5, 5.41) is 3.04. The van der Waals surface area contributed by atoms with Gasteiger partial charge in [0.15, 0.2) is 11.6 Å². The minimum Gasteiger partial charge on any atom is -0.324 e. The van der Waals surface area contributed by atoms with Crippen molar-refractivity contribution in [3.8, 4) is 0 Å². The van der Waals surface area contributed by atoms with Crippen molar-refractivity contribution in [2.45, 2.75) is 12.5 Å². The summed E-state index contributed by atoms with van der Waals surface area (Å²) >= 11 is 5.10. The van der Waals surface area contributed by atoms with E-state index >= 15 is 0 Å². The Morgan fingerprint density at radius 1 is 1.14 bits per heavy atom. The molecule has 0 aliphatic carbocycles. The van der Waals surface area contributed by atoms with Crippen molar-refractivity contribution in [1.82, 2.24) is 0 Å². The van der Waals surface area contributed by atoms with Crippen molar-refractivity contribution in [1.29, 1.82) is 0 Å². The summed E-state index contributed by atoms with van der Waals surface area (Å²) in [7, 11) is 0. The molecule has 1 aromatic heterocycles. The van der Waals surface area contributed by atoms with Crippen LogP contribution in [-0.4, -0.2) is 0 Å². The third-order valence-corrected chi connectivity index (χ3v) is 5.42. The number of rotatable bonds is 3. The fourth-order valence-electron chi connectivity index (χ4n) is 2.38. The van der Waals surface area contributed by atoms with Crippen LogP contribution in [0.5, 0.6) is 0 Å². The standard InChI is InChI=1S/C16H12BrF2NS/c17-12-5-2-4-10-11(8-21-16(10)12)14(20)7-9-3-1-6-13(18)15(9)19/h1-6,8,14H,7,20H2. The van der Waals surface area contributed by atoms with E-state index in [4.69, 9.17) is 5.73 Å². The largest absolute Gasteiger partial charge is 0.324 e. The molecular formula is C16H12BrF2NS. The highest BCUT2D eigenvalue weighted by Gasteiger charge is 2.16. The lowest BCUT2D eigenvalue weighted by molar-refractivity contribution is 0.494. The van der Waals surface area contributed by atoms with E-state index in [0.29, 0.717) is 5.56 Å². The van der Waals surface area contributed by atoms with E-state index in [9.17, 15) is 8.78 Å². The molecule has 21 heavy (non-hydrogen) atoms. The topological polar surface area (TPSA) is 26.0 Å². The van der Waals surface area contributed by atoms with Gasteiger partial charge in [0, 0.05) is 15.2 Å². The molecule has 0 aliphatic heterocycles. The Bertz CT molecular complexity index is 800. The molecule has 2 N–H and O–H groups in total. The van der Waals surface area contributed by atoms with Gasteiger partial charge in [-0.1, -0.05) is 24.3 Å². The van der Waals surface area contributed by atoms with E-state index in [1.165, 1.54) is 6.07 Å². The molecule has 1 atom stereocenters. The molecule has 0 saturated carbocycles. The quantitative estimate of drug-likeness (QED) is 0.677. The van der Waals surface area contributed by atoms with E-state index in [1.54, 1.807) is 17.4 Å². The third kappa shape index (κ3) is 2.73. The fourth-order valence-corrected chi connectivity index (χ4v) is 4.07. The van der Waals surface area contributed by atoms with Crippen LogP contribution in [0.4, 0.5) is 8.78 Å². The summed E-state index contributed by atoms with van der Waals surface area (Å²) in [4.78, 5) is 0. The number of hydrogen-bond donors (Lipinski definition) is 1. The van der Waals surface area contributed by atoms with E-state index in [0.717, 1.165) is 26.2 Å². The van der Waals surface area contributed by atoms with Crippen LogP contribution in [0.15, 0.2) is 46.3 Å². The maximum absolute atomic E-state index is 13.7. The van der Waals surface area contributed by atoms with Crippen molar-refractivity contribution in [3.63, 3.8) is 0 Å². The fraction of sp³-hybridized carbons (Fsp3) is 0.125. The molecule has 108 valence electrons. The minimum absolute atomic E-state index is 0.266. The SMILES string of the molecule is NC(Cc1cccc(F)c1F)c1csc2c(Br)cccc12. The van der Waals surface area contributed by atoms with Gasteiger partial charge < -0.3 is 5.73 Å². The summed E-state index contributed by atoms with van der Waals surface area (Å²) in [5.74, 6) is -1.65. The predicted molar refractivity (Wildman–Crippen MR) is 86.5 cm³/mol. The average Bonchev–Trinajstić information content (AvgIpc) is 2.89. The highest BCUT2D eigenvalue weighted by Crippen LogP contribution is 2.35. The number of nitrogens with two attached hydrogens (primary N) is 1. The number of benzene rings is 2. The van der Waals surface area contributed by atoms with Crippen molar-refractivity contribution < 1.29 is 8.78 Å².